The molecule has 1 aliphatic carbocycles. The molecule has 0 heterocycles. The molecule has 0 radical (unpaired) electrons. The normalized spacial score (nSPS) is 23.5. The van der Waals surface area contributed by atoms with Crippen LogP contribution in [0.5, 0.6) is 0 Å². The van der Waals surface area contributed by atoms with E-state index in [0.29, 0.717) is 0 Å². The second-order valence-corrected chi connectivity index (χ2v) is 5.87. The van der Waals surface area contributed by atoms with Crippen molar-refractivity contribution in [1.29, 1.82) is 0 Å². The van der Waals surface area contributed by atoms with E-state index in [1.54, 1.807) is 0 Å². The first-order valence-corrected chi connectivity index (χ1v) is 7.51. The van der Waals surface area contributed by atoms with Crippen LogP contribution in [0, 0.1) is 0 Å². The number of benzene rings is 3. The Balaban J connectivity index is 2.06. The van der Waals surface area contributed by atoms with Gasteiger partial charge >= 0.3 is 0 Å². The van der Waals surface area contributed by atoms with Crippen LogP contribution < -0.4 is 11.5 Å². The van der Waals surface area contributed by atoms with E-state index in [1.807, 2.05) is 30.3 Å². The summed E-state index contributed by atoms with van der Waals surface area (Å²) in [5.74, 6) is 0. The Kier molecular flexibility index (Phi) is 2.89. The van der Waals surface area contributed by atoms with Crippen molar-refractivity contribution in [3.63, 3.8) is 0 Å². The highest BCUT2D eigenvalue weighted by molar-refractivity contribution is 5.88. The molecule has 22 heavy (non-hydrogen) atoms. The van der Waals surface area contributed by atoms with Gasteiger partial charge in [-0.3, -0.25) is 0 Å². The molecule has 0 aromatic heterocycles. The smallest absolute Gasteiger partial charge is 0.0867 e. The van der Waals surface area contributed by atoms with Crippen LogP contribution in [-0.2, 0) is 5.54 Å². The largest absolute Gasteiger partial charge is 0.322 e. The maximum absolute atomic E-state index is 6.93. The fourth-order valence-corrected chi connectivity index (χ4v) is 3.47. The molecule has 4 rings (SSSR count). The first-order chi connectivity index (χ1) is 10.7. The zero-order chi connectivity index (χ0) is 15.2. The molecule has 0 saturated heterocycles. The molecule has 3 aromatic carbocycles. The molecule has 0 spiro atoms. The van der Waals surface area contributed by atoms with Crippen LogP contribution in [-0.4, -0.2) is 6.04 Å². The summed E-state index contributed by atoms with van der Waals surface area (Å²) >= 11 is 0. The van der Waals surface area contributed by atoms with Gasteiger partial charge < -0.3 is 11.5 Å². The summed E-state index contributed by atoms with van der Waals surface area (Å²) in [6.45, 7) is 0. The van der Waals surface area contributed by atoms with Crippen LogP contribution in [0.2, 0.25) is 0 Å². The predicted octanol–water partition coefficient (Wildman–Crippen LogP) is 3.40. The summed E-state index contributed by atoms with van der Waals surface area (Å²) in [7, 11) is 0. The van der Waals surface area contributed by atoms with E-state index in [4.69, 9.17) is 11.5 Å². The van der Waals surface area contributed by atoms with Gasteiger partial charge in [0.1, 0.15) is 0 Å². The lowest BCUT2D eigenvalue weighted by molar-refractivity contribution is 0.477. The molecule has 2 heteroatoms. The van der Waals surface area contributed by atoms with Crippen molar-refractivity contribution in [2.45, 2.75) is 11.6 Å². The lowest BCUT2D eigenvalue weighted by Crippen LogP contribution is -2.54. The first-order valence-electron chi connectivity index (χ1n) is 7.51. The predicted molar refractivity (Wildman–Crippen MR) is 92.4 cm³/mol. The van der Waals surface area contributed by atoms with Crippen LogP contribution in [0.25, 0.3) is 16.8 Å². The number of rotatable bonds is 1. The van der Waals surface area contributed by atoms with Gasteiger partial charge in [-0.15, -0.1) is 0 Å². The molecule has 2 nitrogen and oxygen atoms in total. The lowest BCUT2D eigenvalue weighted by atomic mass is 9.72. The molecule has 0 fully saturated rings. The van der Waals surface area contributed by atoms with Gasteiger partial charge in [0.15, 0.2) is 0 Å². The summed E-state index contributed by atoms with van der Waals surface area (Å²) in [6.07, 6.45) is 4.07. The molecule has 0 aliphatic heterocycles. The van der Waals surface area contributed by atoms with Crippen molar-refractivity contribution in [2.75, 3.05) is 0 Å². The fraction of sp³-hybridized carbons (Fsp3) is 0.100. The summed E-state index contributed by atoms with van der Waals surface area (Å²) < 4.78 is 0. The van der Waals surface area contributed by atoms with E-state index in [2.05, 4.69) is 48.5 Å². The second kappa shape index (κ2) is 4.80. The Labute approximate surface area is 130 Å². The minimum Gasteiger partial charge on any atom is -0.322 e. The summed E-state index contributed by atoms with van der Waals surface area (Å²) in [4.78, 5) is 0. The third-order valence-electron chi connectivity index (χ3n) is 4.65. The number of hydrogen-bond donors (Lipinski definition) is 2. The molecular weight excluding hydrogens is 268 g/mol. The van der Waals surface area contributed by atoms with Gasteiger partial charge in [-0.05, 0) is 27.5 Å². The number of nitrogens with two attached hydrogens (primary N) is 2. The third-order valence-corrected chi connectivity index (χ3v) is 4.65. The molecule has 0 saturated carbocycles. The first kappa shape index (κ1) is 13.3. The number of fused-ring (bicyclic) bond motifs is 2. The average Bonchev–Trinajstić information content (AvgIpc) is 2.58. The zero-order valence-corrected chi connectivity index (χ0v) is 12.2. The monoisotopic (exact) mass is 286 g/mol. The molecule has 0 amide bonds. The Morgan fingerprint density at radius 2 is 1.45 bits per heavy atom. The van der Waals surface area contributed by atoms with Gasteiger partial charge in [-0.2, -0.15) is 0 Å². The summed E-state index contributed by atoms with van der Waals surface area (Å²) in [5, 5.41) is 2.34. The van der Waals surface area contributed by atoms with Crippen molar-refractivity contribution in [2.24, 2.45) is 11.5 Å². The highest BCUT2D eigenvalue weighted by Crippen LogP contribution is 2.39. The average molecular weight is 286 g/mol. The van der Waals surface area contributed by atoms with Crippen LogP contribution in [0.4, 0.5) is 0 Å². The van der Waals surface area contributed by atoms with Crippen molar-refractivity contribution in [1.82, 2.24) is 0 Å². The van der Waals surface area contributed by atoms with Crippen LogP contribution in [0.3, 0.4) is 0 Å². The Morgan fingerprint density at radius 1 is 0.773 bits per heavy atom. The van der Waals surface area contributed by atoms with Crippen molar-refractivity contribution < 1.29 is 0 Å². The Morgan fingerprint density at radius 3 is 2.36 bits per heavy atom. The van der Waals surface area contributed by atoms with Gasteiger partial charge in [-0.1, -0.05) is 78.9 Å². The van der Waals surface area contributed by atoms with E-state index in [-0.39, 0.29) is 6.04 Å². The molecule has 2 atom stereocenters. The van der Waals surface area contributed by atoms with Gasteiger partial charge in [0.05, 0.1) is 5.54 Å². The molecule has 2 unspecified atom stereocenters. The van der Waals surface area contributed by atoms with Crippen molar-refractivity contribution >= 4 is 16.8 Å². The molecule has 1 aliphatic rings. The second-order valence-electron chi connectivity index (χ2n) is 5.87. The quantitative estimate of drug-likeness (QED) is 0.720. The molecule has 3 aromatic rings. The standard InChI is InChI=1S/C20H18N2/c21-19-13-12-15-7-2-4-10-17(15)20(19,22)18-11-5-8-14-6-1-3-9-16(14)18/h1-13,19H,21-22H2. The third kappa shape index (κ3) is 1.75. The van der Waals surface area contributed by atoms with Crippen LogP contribution in [0.1, 0.15) is 16.7 Å². The van der Waals surface area contributed by atoms with E-state index < -0.39 is 5.54 Å². The van der Waals surface area contributed by atoms with Crippen LogP contribution in [0.15, 0.2) is 72.8 Å². The summed E-state index contributed by atoms with van der Waals surface area (Å²) in [5.41, 5.74) is 16.0. The molecule has 4 N–H and O–H groups in total. The van der Waals surface area contributed by atoms with Gasteiger partial charge in [0.25, 0.3) is 0 Å². The van der Waals surface area contributed by atoms with Crippen molar-refractivity contribution in [3.05, 3.63) is 89.5 Å². The van der Waals surface area contributed by atoms with Gasteiger partial charge in [0, 0.05) is 6.04 Å². The fourth-order valence-electron chi connectivity index (χ4n) is 3.47. The maximum atomic E-state index is 6.93. The molecule has 108 valence electrons. The minimum absolute atomic E-state index is 0.256. The van der Waals surface area contributed by atoms with E-state index in [9.17, 15) is 0 Å². The van der Waals surface area contributed by atoms with Gasteiger partial charge in [-0.25, -0.2) is 0 Å². The SMILES string of the molecule is NC1C=Cc2ccccc2C1(N)c1cccc2ccccc12. The van der Waals surface area contributed by atoms with E-state index >= 15 is 0 Å². The van der Waals surface area contributed by atoms with E-state index in [1.165, 1.54) is 5.39 Å². The number of hydrogen-bond acceptors (Lipinski definition) is 2. The van der Waals surface area contributed by atoms with E-state index in [0.717, 1.165) is 22.1 Å². The van der Waals surface area contributed by atoms with Crippen LogP contribution >= 0.6 is 0 Å². The maximum Gasteiger partial charge on any atom is 0.0867 e. The Hall–Kier alpha value is -2.42. The molecule has 0 bridgehead atoms. The summed E-state index contributed by atoms with van der Waals surface area (Å²) in [6, 6.07) is 22.6. The molecular formula is C20H18N2. The van der Waals surface area contributed by atoms with Crippen molar-refractivity contribution in [3.8, 4) is 0 Å². The minimum atomic E-state index is -0.716. The lowest BCUT2D eigenvalue weighted by Gasteiger charge is -2.39. The van der Waals surface area contributed by atoms with Gasteiger partial charge in [0.2, 0.25) is 0 Å². The highest BCUT2D eigenvalue weighted by atomic mass is 14.9. The highest BCUT2D eigenvalue weighted by Gasteiger charge is 2.39. The topological polar surface area (TPSA) is 52.0 Å². The Bertz CT molecular complexity index is 876. The zero-order valence-electron chi connectivity index (χ0n) is 12.2.